The summed E-state index contributed by atoms with van der Waals surface area (Å²) in [5, 5.41) is 3.01. The molecule has 3 heterocycles. The topological polar surface area (TPSA) is 66.8 Å². The molecule has 0 bridgehead atoms. The number of carbonyl (C=O) groups excluding carboxylic acids is 2. The highest BCUT2D eigenvalue weighted by Gasteiger charge is 2.37. The number of fused-ring (bicyclic) bond motifs is 1. The van der Waals surface area contributed by atoms with E-state index in [0.717, 1.165) is 11.4 Å². The van der Waals surface area contributed by atoms with Crippen molar-refractivity contribution in [1.29, 1.82) is 0 Å². The van der Waals surface area contributed by atoms with E-state index in [0.29, 0.717) is 30.9 Å². The number of nitrogens with one attached hydrogen (secondary N) is 1. The molecule has 2 aliphatic heterocycles. The molecular weight excluding hydrogens is 423 g/mol. The maximum Gasteiger partial charge on any atom is 0.318 e. The van der Waals surface area contributed by atoms with Crippen molar-refractivity contribution in [3.8, 4) is 5.75 Å². The number of ether oxygens (including phenoxy) is 1. The molecule has 2 aliphatic rings. The number of benzene rings is 2. The Morgan fingerprint density at radius 1 is 1.06 bits per heavy atom. The lowest BCUT2D eigenvalue weighted by molar-refractivity contribution is -0.117. The molecule has 0 radical (unpaired) electrons. The second kappa shape index (κ2) is 8.61. The van der Waals surface area contributed by atoms with Crippen LogP contribution < -0.4 is 15.0 Å². The van der Waals surface area contributed by atoms with Crippen LogP contribution in [0.3, 0.4) is 0 Å². The van der Waals surface area contributed by atoms with E-state index in [1.54, 1.807) is 47.2 Å². The molecule has 1 aromatic heterocycles. The van der Waals surface area contributed by atoms with Crippen molar-refractivity contribution in [2.45, 2.75) is 25.0 Å². The summed E-state index contributed by atoms with van der Waals surface area (Å²) in [5.74, 6) is 0.310. The van der Waals surface area contributed by atoms with Crippen LogP contribution in [0.15, 0.2) is 66.9 Å². The van der Waals surface area contributed by atoms with Gasteiger partial charge in [0.1, 0.15) is 17.6 Å². The molecule has 2 unspecified atom stereocenters. The van der Waals surface area contributed by atoms with Gasteiger partial charge in [0.25, 0.3) is 0 Å². The lowest BCUT2D eigenvalue weighted by Gasteiger charge is -2.38. The predicted octanol–water partition coefficient (Wildman–Crippen LogP) is 3.56. The minimum Gasteiger partial charge on any atom is -0.497 e. The third kappa shape index (κ3) is 3.92. The summed E-state index contributed by atoms with van der Waals surface area (Å²) in [6, 6.07) is 16.5. The largest absolute Gasteiger partial charge is 0.497 e. The molecule has 33 heavy (non-hydrogen) atoms. The molecule has 2 aromatic carbocycles. The zero-order valence-electron chi connectivity index (χ0n) is 18.3. The van der Waals surface area contributed by atoms with Gasteiger partial charge >= 0.3 is 6.03 Å². The maximum absolute atomic E-state index is 14.7. The van der Waals surface area contributed by atoms with Crippen LogP contribution >= 0.6 is 0 Å². The van der Waals surface area contributed by atoms with Crippen molar-refractivity contribution < 1.29 is 18.7 Å². The maximum atomic E-state index is 14.7. The number of urea groups is 1. The summed E-state index contributed by atoms with van der Waals surface area (Å²) in [4.78, 5) is 29.3. The first-order valence-corrected chi connectivity index (χ1v) is 11.0. The average molecular weight is 448 g/mol. The van der Waals surface area contributed by atoms with Crippen LogP contribution in [0.25, 0.3) is 0 Å². The van der Waals surface area contributed by atoms with Crippen molar-refractivity contribution in [2.24, 2.45) is 0 Å². The number of aromatic nitrogens is 1. The zero-order valence-corrected chi connectivity index (χ0v) is 18.3. The molecule has 8 heteroatoms. The van der Waals surface area contributed by atoms with E-state index in [1.807, 2.05) is 35.0 Å². The normalized spacial score (nSPS) is 20.0. The summed E-state index contributed by atoms with van der Waals surface area (Å²) >= 11 is 0. The molecule has 0 saturated carbocycles. The van der Waals surface area contributed by atoms with E-state index in [1.165, 1.54) is 6.07 Å². The van der Waals surface area contributed by atoms with Crippen LogP contribution in [0.1, 0.15) is 23.7 Å². The number of carbonyl (C=O) groups is 2. The third-order valence-electron chi connectivity index (χ3n) is 6.34. The van der Waals surface area contributed by atoms with Gasteiger partial charge in [-0.25, -0.2) is 9.18 Å². The first kappa shape index (κ1) is 21.1. The van der Waals surface area contributed by atoms with Gasteiger partial charge in [-0.1, -0.05) is 18.2 Å². The Morgan fingerprint density at radius 3 is 2.61 bits per heavy atom. The third-order valence-corrected chi connectivity index (χ3v) is 6.34. The molecule has 170 valence electrons. The fourth-order valence-electron chi connectivity index (χ4n) is 4.70. The predicted molar refractivity (Wildman–Crippen MR) is 122 cm³/mol. The Balaban J connectivity index is 1.34. The first-order chi connectivity index (χ1) is 16.0. The molecule has 1 fully saturated rings. The number of amides is 3. The highest BCUT2D eigenvalue weighted by molar-refractivity contribution is 5.96. The minimum atomic E-state index is -0.537. The van der Waals surface area contributed by atoms with Crippen molar-refractivity contribution in [3.05, 3.63) is 83.9 Å². The number of nitrogens with zero attached hydrogens (tertiary/aromatic N) is 3. The Labute approximate surface area is 191 Å². The Kier molecular flexibility index (Phi) is 5.50. The number of anilines is 1. The van der Waals surface area contributed by atoms with Gasteiger partial charge < -0.3 is 24.4 Å². The van der Waals surface area contributed by atoms with Gasteiger partial charge in [0.2, 0.25) is 5.91 Å². The van der Waals surface area contributed by atoms with Crippen LogP contribution in [-0.2, 0) is 11.3 Å². The number of hydrogen-bond donors (Lipinski definition) is 1. The molecule has 0 spiro atoms. The van der Waals surface area contributed by atoms with Gasteiger partial charge in [0, 0.05) is 49.2 Å². The van der Waals surface area contributed by atoms with E-state index in [2.05, 4.69) is 5.32 Å². The van der Waals surface area contributed by atoms with E-state index in [9.17, 15) is 14.0 Å². The van der Waals surface area contributed by atoms with Crippen LogP contribution in [-0.4, -0.2) is 47.6 Å². The molecule has 1 saturated heterocycles. The van der Waals surface area contributed by atoms with Gasteiger partial charge in [-0.05, 0) is 42.5 Å². The monoisotopic (exact) mass is 448 g/mol. The lowest BCUT2D eigenvalue weighted by Crippen LogP contribution is -2.50. The van der Waals surface area contributed by atoms with E-state index in [-0.39, 0.29) is 30.2 Å². The number of rotatable bonds is 4. The van der Waals surface area contributed by atoms with E-state index >= 15 is 0 Å². The second-order valence-electron chi connectivity index (χ2n) is 8.30. The average Bonchev–Trinajstić information content (AvgIpc) is 3.45. The van der Waals surface area contributed by atoms with E-state index < -0.39 is 6.04 Å². The van der Waals surface area contributed by atoms with Crippen molar-refractivity contribution in [3.63, 3.8) is 0 Å². The minimum absolute atomic E-state index is 0.0522. The number of halogens is 1. The molecule has 3 aromatic rings. The highest BCUT2D eigenvalue weighted by atomic mass is 19.1. The zero-order chi connectivity index (χ0) is 22.9. The summed E-state index contributed by atoms with van der Waals surface area (Å²) in [6.45, 7) is 1.45. The van der Waals surface area contributed by atoms with Gasteiger partial charge in [-0.2, -0.15) is 0 Å². The molecule has 2 atom stereocenters. The van der Waals surface area contributed by atoms with Crippen LogP contribution in [0.2, 0.25) is 0 Å². The molecule has 0 aliphatic carbocycles. The molecule has 1 N–H and O–H groups in total. The summed E-state index contributed by atoms with van der Waals surface area (Å²) in [7, 11) is 1.59. The summed E-state index contributed by atoms with van der Waals surface area (Å²) in [5.41, 5.74) is 2.08. The SMILES string of the molecule is COc1ccc(N2CC(NC(=O)N3CCn4cccc4C3c3ccccc3F)CC2=O)cc1. The summed E-state index contributed by atoms with van der Waals surface area (Å²) < 4.78 is 22.0. The number of methoxy groups -OCH3 is 1. The van der Waals surface area contributed by atoms with Crippen LogP contribution in [0, 0.1) is 5.82 Å². The molecular formula is C25H25FN4O3. The van der Waals surface area contributed by atoms with Gasteiger partial charge in [0.15, 0.2) is 0 Å². The van der Waals surface area contributed by atoms with Crippen LogP contribution in [0.5, 0.6) is 5.75 Å². The Bertz CT molecular complexity index is 1180. The molecule has 5 rings (SSSR count). The van der Waals surface area contributed by atoms with Crippen molar-refractivity contribution in [1.82, 2.24) is 14.8 Å². The quantitative estimate of drug-likeness (QED) is 0.664. The number of hydrogen-bond acceptors (Lipinski definition) is 3. The van der Waals surface area contributed by atoms with Crippen molar-refractivity contribution in [2.75, 3.05) is 25.1 Å². The summed E-state index contributed by atoms with van der Waals surface area (Å²) in [6.07, 6.45) is 2.16. The van der Waals surface area contributed by atoms with Gasteiger partial charge in [-0.3, -0.25) is 4.79 Å². The first-order valence-electron chi connectivity index (χ1n) is 11.0. The Hall–Kier alpha value is -3.81. The highest BCUT2D eigenvalue weighted by Crippen LogP contribution is 2.34. The standard InChI is InChI=1S/C25H25FN4O3/c1-33-19-10-8-18(9-11-19)30-16-17(15-23(30)31)27-25(32)29-14-13-28-12-4-7-22(28)24(29)20-5-2-3-6-21(20)26/h2-12,17,24H,13-16H2,1H3,(H,27,32). The van der Waals surface area contributed by atoms with Crippen LogP contribution in [0.4, 0.5) is 14.9 Å². The smallest absolute Gasteiger partial charge is 0.318 e. The molecule has 7 nitrogen and oxygen atoms in total. The lowest BCUT2D eigenvalue weighted by atomic mass is 9.99. The van der Waals surface area contributed by atoms with E-state index in [4.69, 9.17) is 4.74 Å². The fourth-order valence-corrected chi connectivity index (χ4v) is 4.70. The van der Waals surface area contributed by atoms with Gasteiger partial charge in [0.05, 0.1) is 13.2 Å². The fraction of sp³-hybridized carbons (Fsp3) is 0.280. The van der Waals surface area contributed by atoms with Gasteiger partial charge in [-0.15, -0.1) is 0 Å². The Morgan fingerprint density at radius 2 is 1.85 bits per heavy atom. The molecule has 3 amide bonds. The second-order valence-corrected chi connectivity index (χ2v) is 8.30. The van der Waals surface area contributed by atoms with Crippen molar-refractivity contribution >= 4 is 17.6 Å².